The molecule has 1 unspecified atom stereocenters. The maximum absolute atomic E-state index is 6.13. The van der Waals surface area contributed by atoms with Crippen LogP contribution in [0.5, 0.6) is 5.75 Å². The summed E-state index contributed by atoms with van der Waals surface area (Å²) in [5.74, 6) is 1.51. The normalized spacial score (nSPS) is 13.9. The molecule has 0 heterocycles. The minimum absolute atomic E-state index is 0.00600. The van der Waals surface area contributed by atoms with Crippen LogP contribution >= 0.6 is 17.0 Å². The van der Waals surface area contributed by atoms with Crippen LogP contribution < -0.4 is 4.74 Å². The summed E-state index contributed by atoms with van der Waals surface area (Å²) < 4.78 is 6.13. The first-order valence-corrected chi connectivity index (χ1v) is 36.0. The quantitative estimate of drug-likeness (QED) is 0.126. The van der Waals surface area contributed by atoms with Gasteiger partial charge in [-0.15, -0.1) is 56.9 Å². The number of ether oxygens (including phenoxy) is 1. The minimum Gasteiger partial charge on any atom is -0.165 e. The fourth-order valence-electron chi connectivity index (χ4n) is 9.79. The van der Waals surface area contributed by atoms with Gasteiger partial charge in [0.2, 0.25) is 0 Å². The van der Waals surface area contributed by atoms with E-state index >= 15 is 0 Å². The molecule has 1 atom stereocenters. The number of rotatable bonds is 4. The van der Waals surface area contributed by atoms with E-state index in [0.29, 0.717) is 5.92 Å². The Morgan fingerprint density at radius 1 is 0.569 bits per heavy atom. The molecule has 0 amide bonds. The maximum atomic E-state index is 6.13. The first kappa shape index (κ1) is 51.2. The van der Waals surface area contributed by atoms with E-state index in [0.717, 1.165) is 12.2 Å². The second kappa shape index (κ2) is 19.8. The van der Waals surface area contributed by atoms with Crippen LogP contribution in [0.1, 0.15) is 141 Å². The van der Waals surface area contributed by atoms with Crippen LogP contribution in [0, 0.1) is 41.5 Å². The molecular formula is C60H74Cl2OSiZr-2. The van der Waals surface area contributed by atoms with Gasteiger partial charge < -0.3 is 4.74 Å². The van der Waals surface area contributed by atoms with Gasteiger partial charge in [0, 0.05) is 5.92 Å². The van der Waals surface area contributed by atoms with E-state index < -0.39 is 18.0 Å². The van der Waals surface area contributed by atoms with Crippen LogP contribution in [-0.2, 0) is 40.6 Å². The Morgan fingerprint density at radius 3 is 1.46 bits per heavy atom. The van der Waals surface area contributed by atoms with E-state index in [1.165, 1.54) is 106 Å². The summed E-state index contributed by atoms with van der Waals surface area (Å²) in [5.41, 5.74) is 21.9. The van der Waals surface area contributed by atoms with Gasteiger partial charge in [0.05, 0.1) is 7.11 Å². The fourth-order valence-corrected chi connectivity index (χ4v) is 9.79. The molecule has 0 saturated heterocycles. The number of hydrogen-bond acceptors (Lipinski definition) is 1. The molecule has 0 radical (unpaired) electrons. The first-order valence-electron chi connectivity index (χ1n) is 23.5. The number of aryl methyl sites for hydroxylation is 6. The monoisotopic (exact) mass is 998 g/mol. The predicted molar refractivity (Wildman–Crippen MR) is 287 cm³/mol. The van der Waals surface area contributed by atoms with Crippen LogP contribution in [0.2, 0.25) is 13.1 Å². The van der Waals surface area contributed by atoms with Gasteiger partial charge in [-0.2, -0.15) is 12.1 Å². The number of methoxy groups -OCH3 is 1. The van der Waals surface area contributed by atoms with Crippen molar-refractivity contribution in [2.24, 2.45) is 0 Å². The second-order valence-electron chi connectivity index (χ2n) is 22.4. The Labute approximate surface area is 408 Å². The molecule has 0 fully saturated rings. The van der Waals surface area contributed by atoms with Gasteiger partial charge in [0.15, 0.2) is 0 Å². The van der Waals surface area contributed by atoms with Gasteiger partial charge in [-0.25, -0.2) is 0 Å². The zero-order valence-electron chi connectivity index (χ0n) is 42.8. The summed E-state index contributed by atoms with van der Waals surface area (Å²) in [4.78, 5) is 0. The van der Waals surface area contributed by atoms with Crippen molar-refractivity contribution in [2.75, 3.05) is 7.11 Å². The Balaban J connectivity index is 0.000000192. The summed E-state index contributed by atoms with van der Waals surface area (Å²) in [5, 5.41) is 5.40. The van der Waals surface area contributed by atoms with Crippen molar-refractivity contribution in [1.82, 2.24) is 0 Å². The van der Waals surface area contributed by atoms with Crippen molar-refractivity contribution >= 4 is 44.0 Å². The topological polar surface area (TPSA) is 9.23 Å². The van der Waals surface area contributed by atoms with Gasteiger partial charge in [0.25, 0.3) is 0 Å². The molecule has 7 aromatic carbocycles. The van der Waals surface area contributed by atoms with Crippen LogP contribution in [0.25, 0.3) is 43.8 Å². The summed E-state index contributed by atoms with van der Waals surface area (Å²) in [7, 11) is 13.1. The number of fused-ring (bicyclic) bond motifs is 3. The van der Waals surface area contributed by atoms with E-state index in [1.807, 2.05) is 7.11 Å². The van der Waals surface area contributed by atoms with Crippen molar-refractivity contribution in [3.8, 4) is 28.0 Å². The van der Waals surface area contributed by atoms with Crippen LogP contribution in [0.15, 0.2) is 91.0 Å². The van der Waals surface area contributed by atoms with Crippen molar-refractivity contribution in [3.63, 3.8) is 0 Å². The molecular weight excluding hydrogens is 927 g/mol. The third-order valence-corrected chi connectivity index (χ3v) is 32.7. The zero-order chi connectivity index (χ0) is 48.1. The van der Waals surface area contributed by atoms with Gasteiger partial charge >= 0.3 is 53.5 Å². The number of benzene rings is 5. The molecule has 344 valence electrons. The maximum Gasteiger partial charge on any atom is 0.000892 e. The largest absolute Gasteiger partial charge is 0.165 e. The SMILES string of the molecule is COc1c(C(C)(C)C)cc2[cH-]c(C)cc2c1-c1cc(C(C)(C)C)cc(C(C)(C)C)c1.C[Si](C)=[Zr]([Cl])[Cl].Cc1cc(C)cc(-c2c3c(cc4[cH-]c(C)cc24)C(c2cc(C)cc(C)c2)CC3)c1. The molecule has 1 aliphatic rings. The molecule has 65 heavy (non-hydrogen) atoms. The molecule has 0 spiro atoms. The standard InChI is InChI=1S/C29H39O.C29H29.C2H6Si.2ClH.Zr/c1-18-12-19-16-24(29(8,9)10)26(30-11)25(23(19)13-18)20-14-21(27(2,3)4)17-22(15-20)28(5,6)7;1-17-8-18(2)11-22(10-17)25-6-7-26-28(25)16-23-12-21(5)15-27(23)29(26)24-13-19(3)9-20(4)14-24;1-3-2;;;/h12-17H,1-11H3;8-16,25H,6-7H2,1-5H3;1-2H3;2*1H;/q2*-1;;;;+2/p-2. The van der Waals surface area contributed by atoms with E-state index in [4.69, 9.17) is 21.8 Å². The Bertz CT molecular complexity index is 2830. The molecule has 7 aromatic rings. The molecule has 1 nitrogen and oxygen atoms in total. The summed E-state index contributed by atoms with van der Waals surface area (Å²) >= 11 is -1.65. The molecule has 8 rings (SSSR count). The predicted octanol–water partition coefficient (Wildman–Crippen LogP) is 18.4. The van der Waals surface area contributed by atoms with Gasteiger partial charge in [0.1, 0.15) is 5.75 Å². The molecule has 5 heteroatoms. The zero-order valence-corrected chi connectivity index (χ0v) is 47.8. The summed E-state index contributed by atoms with van der Waals surface area (Å²) in [6.45, 7) is 38.2. The van der Waals surface area contributed by atoms with Crippen molar-refractivity contribution in [2.45, 2.75) is 152 Å². The molecule has 0 saturated carbocycles. The smallest absolute Gasteiger partial charge is 0.000892 e. The van der Waals surface area contributed by atoms with E-state index in [9.17, 15) is 0 Å². The Kier molecular flexibility index (Phi) is 15.6. The van der Waals surface area contributed by atoms with Gasteiger partial charge in [-0.05, 0) is 95.7 Å². The minimum atomic E-state index is -1.65. The van der Waals surface area contributed by atoms with E-state index in [-0.39, 0.29) is 21.7 Å². The fraction of sp³-hybridized carbons (Fsp3) is 0.400. The number of hydrogen-bond donors (Lipinski definition) is 0. The Morgan fingerprint density at radius 2 is 1.02 bits per heavy atom. The average Bonchev–Trinajstić information content (AvgIpc) is 3.89. The Hall–Kier alpha value is -3.20. The third-order valence-electron chi connectivity index (χ3n) is 13.0. The van der Waals surface area contributed by atoms with Crippen molar-refractivity contribution in [3.05, 3.63) is 158 Å². The van der Waals surface area contributed by atoms with Gasteiger partial charge in [-0.3, -0.25) is 0 Å². The van der Waals surface area contributed by atoms with Crippen molar-refractivity contribution < 1.29 is 22.7 Å². The second-order valence-corrected chi connectivity index (χ2v) is 45.4. The van der Waals surface area contributed by atoms with Crippen LogP contribution in [-0.4, -0.2) is 12.5 Å². The molecule has 0 N–H and O–H groups in total. The molecule has 0 bridgehead atoms. The van der Waals surface area contributed by atoms with Crippen molar-refractivity contribution in [1.29, 1.82) is 0 Å². The van der Waals surface area contributed by atoms with E-state index in [2.05, 4.69) is 208 Å². The molecule has 0 aromatic heterocycles. The molecule has 1 aliphatic carbocycles. The molecule has 0 aliphatic heterocycles. The number of halogens is 2. The van der Waals surface area contributed by atoms with Gasteiger partial charge in [-0.1, -0.05) is 170 Å². The summed E-state index contributed by atoms with van der Waals surface area (Å²) in [6.07, 6.45) is 2.37. The van der Waals surface area contributed by atoms with Crippen LogP contribution in [0.3, 0.4) is 0 Å². The summed E-state index contributed by atoms with van der Waals surface area (Å²) in [6, 6.07) is 35.4. The third kappa shape index (κ3) is 11.7. The van der Waals surface area contributed by atoms with E-state index in [1.54, 1.807) is 11.1 Å². The first-order chi connectivity index (χ1) is 30.2. The average molecular weight is 1000 g/mol. The van der Waals surface area contributed by atoms with Crippen LogP contribution in [0.4, 0.5) is 0 Å².